The van der Waals surface area contributed by atoms with Crippen molar-refractivity contribution in [3.63, 3.8) is 0 Å². The number of H-pyrrole nitrogens is 1. The zero-order valence-electron chi connectivity index (χ0n) is 16.5. The SMILES string of the molecule is O=C(CCc1c[nH]c2ccccc12)O[C@H](C(=O)N1CCCCC1)c1ccccc1. The summed E-state index contributed by atoms with van der Waals surface area (Å²) in [7, 11) is 0. The van der Waals surface area contributed by atoms with Crippen molar-refractivity contribution in [3.05, 3.63) is 71.9 Å². The lowest BCUT2D eigenvalue weighted by atomic mass is 10.1. The van der Waals surface area contributed by atoms with E-state index in [9.17, 15) is 9.59 Å². The summed E-state index contributed by atoms with van der Waals surface area (Å²) in [6.07, 6.45) is 5.02. The van der Waals surface area contributed by atoms with Gasteiger partial charge in [-0.15, -0.1) is 0 Å². The number of nitrogens with one attached hydrogen (secondary N) is 1. The highest BCUT2D eigenvalue weighted by atomic mass is 16.5. The number of hydrogen-bond donors (Lipinski definition) is 1. The van der Waals surface area contributed by atoms with Crippen molar-refractivity contribution < 1.29 is 14.3 Å². The molecule has 0 bridgehead atoms. The van der Waals surface area contributed by atoms with Crippen LogP contribution in [0.25, 0.3) is 10.9 Å². The summed E-state index contributed by atoms with van der Waals surface area (Å²) in [6.45, 7) is 1.46. The molecule has 1 aromatic heterocycles. The first-order chi connectivity index (χ1) is 14.2. The minimum atomic E-state index is -0.871. The number of rotatable bonds is 6. The van der Waals surface area contributed by atoms with Crippen LogP contribution in [0.1, 0.15) is 42.9 Å². The Bertz CT molecular complexity index is 974. The minimum Gasteiger partial charge on any atom is -0.447 e. The number of fused-ring (bicyclic) bond motifs is 1. The van der Waals surface area contributed by atoms with E-state index in [0.717, 1.165) is 54.4 Å². The van der Waals surface area contributed by atoms with Crippen molar-refractivity contribution in [2.75, 3.05) is 13.1 Å². The van der Waals surface area contributed by atoms with Crippen molar-refractivity contribution in [3.8, 4) is 0 Å². The molecule has 5 nitrogen and oxygen atoms in total. The molecule has 150 valence electrons. The predicted molar refractivity (Wildman–Crippen MR) is 112 cm³/mol. The molecule has 1 amide bonds. The second-order valence-corrected chi connectivity index (χ2v) is 7.53. The molecule has 1 fully saturated rings. The predicted octanol–water partition coefficient (Wildman–Crippen LogP) is 4.40. The third-order valence-corrected chi connectivity index (χ3v) is 5.52. The Labute approximate surface area is 170 Å². The molecule has 1 atom stereocenters. The topological polar surface area (TPSA) is 62.4 Å². The van der Waals surface area contributed by atoms with Gasteiger partial charge < -0.3 is 14.6 Å². The lowest BCUT2D eigenvalue weighted by Crippen LogP contribution is -2.40. The molecule has 1 aliphatic rings. The monoisotopic (exact) mass is 390 g/mol. The van der Waals surface area contributed by atoms with Crippen LogP contribution >= 0.6 is 0 Å². The molecule has 3 aromatic rings. The number of para-hydroxylation sites is 1. The standard InChI is InChI=1S/C24H26N2O3/c27-22(14-13-19-17-25-21-12-6-5-11-20(19)21)29-23(18-9-3-1-4-10-18)24(28)26-15-7-2-8-16-26/h1,3-6,9-12,17,23,25H,2,7-8,13-16H2/t23-/m0/s1. The molecule has 1 saturated heterocycles. The summed E-state index contributed by atoms with van der Waals surface area (Å²) >= 11 is 0. The van der Waals surface area contributed by atoms with Gasteiger partial charge in [-0.3, -0.25) is 9.59 Å². The Kier molecular flexibility index (Phi) is 5.94. The van der Waals surface area contributed by atoms with Gasteiger partial charge in [0.05, 0.1) is 0 Å². The average Bonchev–Trinajstić information content (AvgIpc) is 3.20. The maximum atomic E-state index is 13.1. The van der Waals surface area contributed by atoms with Gasteiger partial charge in [-0.2, -0.15) is 0 Å². The molecular weight excluding hydrogens is 364 g/mol. The summed E-state index contributed by atoms with van der Waals surface area (Å²) in [5, 5.41) is 1.12. The van der Waals surface area contributed by atoms with Gasteiger partial charge in [-0.1, -0.05) is 48.5 Å². The van der Waals surface area contributed by atoms with Crippen LogP contribution in [0, 0.1) is 0 Å². The van der Waals surface area contributed by atoms with E-state index in [1.54, 1.807) is 0 Å². The van der Waals surface area contributed by atoms with Gasteiger partial charge in [0.25, 0.3) is 5.91 Å². The third kappa shape index (κ3) is 4.50. The van der Waals surface area contributed by atoms with Crippen molar-refractivity contribution >= 4 is 22.8 Å². The van der Waals surface area contributed by atoms with Gasteiger partial charge in [0.1, 0.15) is 0 Å². The van der Waals surface area contributed by atoms with E-state index in [-0.39, 0.29) is 18.3 Å². The molecule has 0 unspecified atom stereocenters. The number of amides is 1. The van der Waals surface area contributed by atoms with Crippen molar-refractivity contribution in [1.82, 2.24) is 9.88 Å². The molecule has 1 N–H and O–H groups in total. The lowest BCUT2D eigenvalue weighted by molar-refractivity contribution is -0.161. The Hall–Kier alpha value is -3.08. The maximum Gasteiger partial charge on any atom is 0.307 e. The number of esters is 1. The molecule has 5 heteroatoms. The van der Waals surface area contributed by atoms with Crippen LogP contribution in [-0.2, 0) is 20.7 Å². The summed E-state index contributed by atoms with van der Waals surface area (Å²) in [5.74, 6) is -0.467. The number of aromatic amines is 1. The highest BCUT2D eigenvalue weighted by Gasteiger charge is 2.30. The number of hydrogen-bond acceptors (Lipinski definition) is 3. The van der Waals surface area contributed by atoms with E-state index in [2.05, 4.69) is 4.98 Å². The number of piperidine rings is 1. The van der Waals surface area contributed by atoms with E-state index in [4.69, 9.17) is 4.74 Å². The molecule has 0 radical (unpaired) electrons. The summed E-state index contributed by atoms with van der Waals surface area (Å²) in [4.78, 5) is 30.8. The number of carbonyl (C=O) groups excluding carboxylic acids is 2. The van der Waals surface area contributed by atoms with Crippen molar-refractivity contribution in [2.45, 2.75) is 38.2 Å². The molecule has 0 aliphatic carbocycles. The number of likely N-dealkylation sites (tertiary alicyclic amines) is 1. The summed E-state index contributed by atoms with van der Waals surface area (Å²) < 4.78 is 5.72. The first-order valence-corrected chi connectivity index (χ1v) is 10.3. The molecule has 29 heavy (non-hydrogen) atoms. The molecule has 2 aromatic carbocycles. The first-order valence-electron chi connectivity index (χ1n) is 10.3. The lowest BCUT2D eigenvalue weighted by Gasteiger charge is -2.30. The van der Waals surface area contributed by atoms with E-state index in [1.165, 1.54) is 0 Å². The minimum absolute atomic E-state index is 0.114. The highest BCUT2D eigenvalue weighted by Crippen LogP contribution is 2.24. The summed E-state index contributed by atoms with van der Waals surface area (Å²) in [5.41, 5.74) is 2.86. The fraction of sp³-hybridized carbons (Fsp3) is 0.333. The highest BCUT2D eigenvalue weighted by molar-refractivity contribution is 5.86. The van der Waals surface area contributed by atoms with Gasteiger partial charge >= 0.3 is 5.97 Å². The normalized spacial score (nSPS) is 15.2. The second kappa shape index (κ2) is 8.95. The van der Waals surface area contributed by atoms with Crippen LogP contribution in [-0.4, -0.2) is 34.8 Å². The fourth-order valence-corrected chi connectivity index (χ4v) is 3.93. The number of aromatic nitrogens is 1. The number of aryl methyl sites for hydroxylation is 1. The largest absolute Gasteiger partial charge is 0.447 e. The van der Waals surface area contributed by atoms with Gasteiger partial charge in [0.2, 0.25) is 6.10 Å². The van der Waals surface area contributed by atoms with Crippen LogP contribution < -0.4 is 0 Å². The van der Waals surface area contributed by atoms with Crippen LogP contribution in [0.15, 0.2) is 60.8 Å². The average molecular weight is 390 g/mol. The van der Waals surface area contributed by atoms with Crippen molar-refractivity contribution in [1.29, 1.82) is 0 Å². The van der Waals surface area contributed by atoms with Crippen LogP contribution in [0.5, 0.6) is 0 Å². The third-order valence-electron chi connectivity index (χ3n) is 5.52. The number of ether oxygens (including phenoxy) is 1. The van der Waals surface area contributed by atoms with Gasteiger partial charge in [0.15, 0.2) is 0 Å². The molecule has 2 heterocycles. The van der Waals surface area contributed by atoms with Crippen LogP contribution in [0.2, 0.25) is 0 Å². The second-order valence-electron chi connectivity index (χ2n) is 7.53. The van der Waals surface area contributed by atoms with Gasteiger partial charge in [-0.05, 0) is 37.3 Å². The van der Waals surface area contributed by atoms with Crippen molar-refractivity contribution in [2.24, 2.45) is 0 Å². The number of carbonyl (C=O) groups is 2. The first kappa shape index (κ1) is 19.2. The Morgan fingerprint density at radius 1 is 0.966 bits per heavy atom. The van der Waals surface area contributed by atoms with Crippen LogP contribution in [0.4, 0.5) is 0 Å². The Balaban J connectivity index is 1.45. The number of benzene rings is 2. The van der Waals surface area contributed by atoms with E-state index >= 15 is 0 Å². The molecule has 0 saturated carbocycles. The molecule has 4 rings (SSSR count). The van der Waals surface area contributed by atoms with Gasteiger partial charge in [-0.25, -0.2) is 0 Å². The van der Waals surface area contributed by atoms with E-state index < -0.39 is 6.10 Å². The molecule has 0 spiro atoms. The zero-order chi connectivity index (χ0) is 20.1. The van der Waals surface area contributed by atoms with Crippen LogP contribution in [0.3, 0.4) is 0 Å². The Morgan fingerprint density at radius 2 is 1.69 bits per heavy atom. The smallest absolute Gasteiger partial charge is 0.307 e. The number of nitrogens with zero attached hydrogens (tertiary/aromatic N) is 1. The zero-order valence-corrected chi connectivity index (χ0v) is 16.5. The quantitative estimate of drug-likeness (QED) is 0.635. The van der Waals surface area contributed by atoms with E-state index in [0.29, 0.717) is 6.42 Å². The fourth-order valence-electron chi connectivity index (χ4n) is 3.93. The summed E-state index contributed by atoms with van der Waals surface area (Å²) in [6, 6.07) is 17.3. The maximum absolute atomic E-state index is 13.1. The molecule has 1 aliphatic heterocycles. The molecular formula is C24H26N2O3. The Morgan fingerprint density at radius 3 is 2.48 bits per heavy atom. The van der Waals surface area contributed by atoms with Gasteiger partial charge in [0, 0.05) is 42.2 Å². The van der Waals surface area contributed by atoms with E-state index in [1.807, 2.05) is 65.7 Å².